The Labute approximate surface area is 152 Å². The number of allylic oxidation sites excluding steroid dienone is 2. The summed E-state index contributed by atoms with van der Waals surface area (Å²) in [4.78, 5) is 13.4. The number of rotatable bonds is 2. The van der Waals surface area contributed by atoms with Gasteiger partial charge in [0, 0.05) is 11.0 Å². The van der Waals surface area contributed by atoms with E-state index in [1.165, 1.54) is 6.08 Å². The van der Waals surface area contributed by atoms with Crippen molar-refractivity contribution in [3.63, 3.8) is 0 Å². The van der Waals surface area contributed by atoms with Crippen molar-refractivity contribution < 1.29 is 25.4 Å². The smallest absolute Gasteiger partial charge is 0.353 e. The molecule has 0 aromatic carbocycles. The number of alkyl halides is 3. The lowest BCUT2D eigenvalue weighted by Crippen LogP contribution is -2.55. The molecule has 0 bridgehead atoms. The topological polar surface area (TPSA) is 26.3 Å². The summed E-state index contributed by atoms with van der Waals surface area (Å²) in [7, 11) is 0. The van der Waals surface area contributed by atoms with E-state index in [0.29, 0.717) is 11.1 Å². The Morgan fingerprint density at radius 2 is 1.48 bits per heavy atom. The molecule has 25 heavy (non-hydrogen) atoms. The van der Waals surface area contributed by atoms with E-state index in [-0.39, 0.29) is 0 Å². The zero-order valence-corrected chi connectivity index (χ0v) is 16.6. The first kappa shape index (κ1) is 18.7. The van der Waals surface area contributed by atoms with E-state index in [0.717, 1.165) is 0 Å². The van der Waals surface area contributed by atoms with Crippen LogP contribution in [0.25, 0.3) is 0 Å². The summed E-state index contributed by atoms with van der Waals surface area (Å²) < 4.78 is 59.9. The molecule has 5 heteroatoms. The lowest BCUT2D eigenvalue weighted by atomic mass is 9.63. The number of halogens is 3. The van der Waals surface area contributed by atoms with Crippen LogP contribution in [0.15, 0.2) is 23.3 Å². The lowest BCUT2D eigenvalue weighted by molar-refractivity contribution is -0.211. The molecule has 0 heterocycles. The van der Waals surface area contributed by atoms with Gasteiger partial charge in [-0.05, 0) is 22.5 Å². The van der Waals surface area contributed by atoms with Crippen molar-refractivity contribution >= 4 is 5.78 Å². The van der Waals surface area contributed by atoms with E-state index in [4.69, 9.17) is 7.48 Å². The highest BCUT2D eigenvalue weighted by molar-refractivity contribution is 6.06. The summed E-state index contributed by atoms with van der Waals surface area (Å²) >= 11 is 0. The number of Topliss-reactive ketones (excluding diaryl/α,β-unsaturated/α-hetero) is 1. The van der Waals surface area contributed by atoms with Crippen LogP contribution < -0.4 is 0 Å². The van der Waals surface area contributed by atoms with Gasteiger partial charge in [-0.2, -0.15) is 13.2 Å². The molecule has 0 unspecified atom stereocenters. The fourth-order valence-electron chi connectivity index (χ4n) is 2.66. The molecule has 1 rings (SSSR count). The third-order valence-corrected chi connectivity index (χ3v) is 4.36. The van der Waals surface area contributed by atoms with E-state index in [1.807, 2.05) is 20.8 Å². The highest BCUT2D eigenvalue weighted by atomic mass is 19.4. The molecular formula is C20H31F3O2. The first-order valence-electron chi connectivity index (χ1n) is 9.33. The van der Waals surface area contributed by atoms with Gasteiger partial charge in [0.15, 0.2) is 11.4 Å². The van der Waals surface area contributed by atoms with Crippen LogP contribution in [0.5, 0.6) is 0 Å². The highest BCUT2D eigenvalue weighted by Gasteiger charge is 2.54. The third kappa shape index (κ3) is 4.75. The van der Waals surface area contributed by atoms with Gasteiger partial charge in [0.25, 0.3) is 0 Å². The Hall–Kier alpha value is -1.10. The van der Waals surface area contributed by atoms with E-state index in [9.17, 15) is 18.0 Å². The molecule has 0 spiro atoms. The summed E-state index contributed by atoms with van der Waals surface area (Å²) in [6, 6.07) is 0. The summed E-state index contributed by atoms with van der Waals surface area (Å²) in [6.07, 6.45) is -2.18. The third-order valence-electron chi connectivity index (χ3n) is 4.36. The van der Waals surface area contributed by atoms with Gasteiger partial charge in [-0.1, -0.05) is 68.4 Å². The van der Waals surface area contributed by atoms with Gasteiger partial charge in [0.2, 0.25) is 0 Å². The van der Waals surface area contributed by atoms with Gasteiger partial charge >= 0.3 is 6.18 Å². The average Bonchev–Trinajstić information content (AvgIpc) is 2.35. The van der Waals surface area contributed by atoms with Gasteiger partial charge in [-0.25, -0.2) is 0 Å². The highest BCUT2D eigenvalue weighted by Crippen LogP contribution is 2.48. The molecule has 0 aromatic rings. The molecule has 1 aliphatic carbocycles. The normalized spacial score (nSPS) is 25.2. The van der Waals surface area contributed by atoms with Crippen LogP contribution in [0.3, 0.4) is 0 Å². The summed E-state index contributed by atoms with van der Waals surface area (Å²) in [5.74, 6) is -0.636. The van der Waals surface area contributed by atoms with Crippen molar-refractivity contribution in [3.05, 3.63) is 23.3 Å². The Morgan fingerprint density at radius 3 is 1.80 bits per heavy atom. The number of hydrogen-bond donors (Lipinski definition) is 0. The molecule has 0 saturated heterocycles. The van der Waals surface area contributed by atoms with Crippen molar-refractivity contribution in [2.24, 2.45) is 16.2 Å². The minimum atomic E-state index is -5.27. The molecule has 0 amide bonds. The molecule has 0 aliphatic heterocycles. The first-order chi connectivity index (χ1) is 11.6. The van der Waals surface area contributed by atoms with Crippen LogP contribution in [-0.4, -0.2) is 24.1 Å². The largest absolute Gasteiger partial charge is 0.411 e. The van der Waals surface area contributed by atoms with Crippen LogP contribution in [-0.2, 0) is 9.53 Å². The summed E-state index contributed by atoms with van der Waals surface area (Å²) in [6.45, 7) is 11.8. The summed E-state index contributed by atoms with van der Waals surface area (Å²) in [5, 5.41) is 0. The number of ketones is 1. The minimum Gasteiger partial charge on any atom is -0.353 e. The molecule has 1 aliphatic rings. The Balaban J connectivity index is 3.85. The van der Waals surface area contributed by atoms with Crippen molar-refractivity contribution in [2.45, 2.75) is 74.1 Å². The fourth-order valence-corrected chi connectivity index (χ4v) is 2.66. The second-order valence-corrected chi connectivity index (χ2v) is 9.67. The van der Waals surface area contributed by atoms with Crippen molar-refractivity contribution in [2.75, 3.05) is 6.56 Å². The summed E-state index contributed by atoms with van der Waals surface area (Å²) in [5.41, 5.74) is -3.37. The monoisotopic (exact) mass is 362 g/mol. The molecule has 0 N–H and O–H groups in total. The molecule has 0 radical (unpaired) electrons. The van der Waals surface area contributed by atoms with Gasteiger partial charge in [0.05, 0.1) is 2.74 Å². The van der Waals surface area contributed by atoms with Crippen LogP contribution in [0.1, 0.15) is 65.1 Å². The van der Waals surface area contributed by atoms with E-state index < -0.39 is 40.4 Å². The van der Waals surface area contributed by atoms with Gasteiger partial charge in [0.1, 0.15) is 6.56 Å². The predicted molar refractivity (Wildman–Crippen MR) is 94.3 cm³/mol. The number of carbonyl (C=O) groups is 1. The minimum absolute atomic E-state index is 0.322. The maximum Gasteiger partial charge on any atom is 0.411 e. The maximum absolute atomic E-state index is 13.4. The lowest BCUT2D eigenvalue weighted by Gasteiger charge is -2.46. The number of hydrogen-bond acceptors (Lipinski definition) is 2. The Morgan fingerprint density at radius 1 is 1.00 bits per heavy atom. The fraction of sp³-hybridized carbons (Fsp3) is 0.750. The zero-order valence-electron chi connectivity index (χ0n) is 18.6. The van der Waals surface area contributed by atoms with Crippen LogP contribution in [0.2, 0.25) is 0 Å². The molecular weight excluding hydrogens is 329 g/mol. The van der Waals surface area contributed by atoms with Gasteiger partial charge < -0.3 is 4.74 Å². The second kappa shape index (κ2) is 6.26. The van der Waals surface area contributed by atoms with E-state index >= 15 is 0 Å². The van der Waals surface area contributed by atoms with Gasteiger partial charge in [-0.15, -0.1) is 0 Å². The Bertz CT molecular complexity index is 669. The van der Waals surface area contributed by atoms with Crippen LogP contribution in [0, 0.1) is 16.2 Å². The standard InChI is InChI=1S/C20H31F3O2/c1-16(2,3)13-10-14(17(4,5)6)15(24)19(11-13,18(7,8)9)25-12-20(21,22)23/h10-11H,12H2,1-9H3/t19-/m0/s1/i12D2. The molecule has 0 saturated carbocycles. The first-order valence-corrected chi connectivity index (χ1v) is 8.33. The predicted octanol–water partition coefficient (Wildman–Crippen LogP) is 5.88. The Kier molecular flexibility index (Phi) is 4.68. The molecule has 0 aromatic heterocycles. The second-order valence-electron chi connectivity index (χ2n) is 9.67. The van der Waals surface area contributed by atoms with E-state index in [1.54, 1.807) is 47.6 Å². The quantitative estimate of drug-likeness (QED) is 0.613. The van der Waals surface area contributed by atoms with Crippen LogP contribution >= 0.6 is 0 Å². The molecule has 0 fully saturated rings. The van der Waals surface area contributed by atoms with E-state index in [2.05, 4.69) is 0 Å². The van der Waals surface area contributed by atoms with Crippen molar-refractivity contribution in [1.82, 2.24) is 0 Å². The molecule has 2 nitrogen and oxygen atoms in total. The zero-order chi connectivity index (χ0) is 21.9. The van der Waals surface area contributed by atoms with Crippen LogP contribution in [0.4, 0.5) is 13.2 Å². The van der Waals surface area contributed by atoms with Gasteiger partial charge in [-0.3, -0.25) is 4.79 Å². The molecule has 1 atom stereocenters. The SMILES string of the molecule is [2H]C([2H])(O[C@@]1(C(C)(C)C)C=C(C(C)(C)C)C=C(C(C)(C)C)C1=O)C(F)(F)F. The van der Waals surface area contributed by atoms with Crippen molar-refractivity contribution in [1.29, 1.82) is 0 Å². The van der Waals surface area contributed by atoms with Crippen molar-refractivity contribution in [3.8, 4) is 0 Å². The average molecular weight is 362 g/mol. The number of carbonyl (C=O) groups excluding carboxylic acids is 1. The number of ether oxygens (including phenoxy) is 1. The molecule has 144 valence electrons. The maximum atomic E-state index is 13.4.